The molecule has 0 aliphatic carbocycles. The van der Waals surface area contributed by atoms with E-state index in [9.17, 15) is 9.90 Å². The first-order valence-corrected chi connectivity index (χ1v) is 7.75. The molecule has 1 heterocycles. The van der Waals surface area contributed by atoms with Crippen LogP contribution < -0.4 is 5.32 Å². The summed E-state index contributed by atoms with van der Waals surface area (Å²) in [6, 6.07) is 20.6. The van der Waals surface area contributed by atoms with Gasteiger partial charge in [0.05, 0.1) is 0 Å². The van der Waals surface area contributed by atoms with Crippen LogP contribution in [0.4, 0.5) is 0 Å². The summed E-state index contributed by atoms with van der Waals surface area (Å²) >= 11 is 0. The Morgan fingerprint density at radius 1 is 1.00 bits per heavy atom. The highest BCUT2D eigenvalue weighted by Crippen LogP contribution is 2.22. The Labute approximate surface area is 140 Å². The Kier molecular flexibility index (Phi) is 4.99. The number of hydrogen-bond acceptors (Lipinski definition) is 3. The second-order valence-electron chi connectivity index (χ2n) is 5.43. The third kappa shape index (κ3) is 3.67. The minimum atomic E-state index is -1.17. The van der Waals surface area contributed by atoms with Crippen LogP contribution in [0.25, 0.3) is 11.1 Å². The second kappa shape index (κ2) is 7.53. The predicted octanol–water partition coefficient (Wildman–Crippen LogP) is 3.10. The molecule has 2 aromatic carbocycles. The number of carbonyl (C=O) groups is 1. The lowest BCUT2D eigenvalue weighted by Crippen LogP contribution is -2.29. The van der Waals surface area contributed by atoms with E-state index in [0.717, 1.165) is 16.7 Å². The van der Waals surface area contributed by atoms with E-state index < -0.39 is 12.0 Å². The lowest BCUT2D eigenvalue weighted by Gasteiger charge is -2.14. The predicted molar refractivity (Wildman–Crippen MR) is 92.9 cm³/mol. The van der Waals surface area contributed by atoms with Crippen molar-refractivity contribution in [2.75, 3.05) is 0 Å². The molecule has 0 saturated carbocycles. The molecule has 3 rings (SSSR count). The monoisotopic (exact) mass is 318 g/mol. The molecule has 1 atom stereocenters. The van der Waals surface area contributed by atoms with Gasteiger partial charge in [-0.1, -0.05) is 60.7 Å². The summed E-state index contributed by atoms with van der Waals surface area (Å²) in [6.07, 6.45) is 2.35. The Bertz CT molecular complexity index is 804. The fourth-order valence-electron chi connectivity index (χ4n) is 2.54. The SMILES string of the molecule is O=C(NCc1ccccc1-c1cccnc1)[C@H](O)c1ccccc1. The number of nitrogens with one attached hydrogen (secondary N) is 1. The van der Waals surface area contributed by atoms with Crippen molar-refractivity contribution in [3.05, 3.63) is 90.3 Å². The van der Waals surface area contributed by atoms with Crippen molar-refractivity contribution in [2.24, 2.45) is 0 Å². The van der Waals surface area contributed by atoms with Crippen molar-refractivity contribution in [3.8, 4) is 11.1 Å². The molecule has 1 aromatic heterocycles. The molecule has 0 saturated heterocycles. The van der Waals surface area contributed by atoms with E-state index in [2.05, 4.69) is 10.3 Å². The minimum Gasteiger partial charge on any atom is -0.378 e. The van der Waals surface area contributed by atoms with Crippen LogP contribution in [-0.4, -0.2) is 16.0 Å². The van der Waals surface area contributed by atoms with Crippen LogP contribution in [0.5, 0.6) is 0 Å². The van der Waals surface area contributed by atoms with Gasteiger partial charge in [0.1, 0.15) is 0 Å². The summed E-state index contributed by atoms with van der Waals surface area (Å²) in [5.41, 5.74) is 3.56. The summed E-state index contributed by atoms with van der Waals surface area (Å²) in [5.74, 6) is -0.415. The van der Waals surface area contributed by atoms with Gasteiger partial charge in [0.2, 0.25) is 0 Å². The van der Waals surface area contributed by atoms with Gasteiger partial charge in [0.15, 0.2) is 6.10 Å². The van der Waals surface area contributed by atoms with Crippen molar-refractivity contribution in [1.29, 1.82) is 0 Å². The van der Waals surface area contributed by atoms with Crippen molar-refractivity contribution in [2.45, 2.75) is 12.6 Å². The maximum Gasteiger partial charge on any atom is 0.253 e. The van der Waals surface area contributed by atoms with Crippen LogP contribution in [0.1, 0.15) is 17.2 Å². The summed E-state index contributed by atoms with van der Waals surface area (Å²) in [6.45, 7) is 0.341. The van der Waals surface area contributed by atoms with Gasteiger partial charge in [-0.05, 0) is 22.8 Å². The van der Waals surface area contributed by atoms with Gasteiger partial charge in [-0.25, -0.2) is 0 Å². The van der Waals surface area contributed by atoms with Gasteiger partial charge >= 0.3 is 0 Å². The number of carbonyl (C=O) groups excluding carboxylic acids is 1. The van der Waals surface area contributed by atoms with Crippen LogP contribution in [0.15, 0.2) is 79.1 Å². The molecule has 0 bridgehead atoms. The normalized spacial score (nSPS) is 11.7. The van der Waals surface area contributed by atoms with Crippen LogP contribution in [-0.2, 0) is 11.3 Å². The molecule has 0 unspecified atom stereocenters. The van der Waals surface area contributed by atoms with E-state index >= 15 is 0 Å². The van der Waals surface area contributed by atoms with Crippen LogP contribution in [0.2, 0.25) is 0 Å². The largest absolute Gasteiger partial charge is 0.378 e. The zero-order chi connectivity index (χ0) is 16.8. The van der Waals surface area contributed by atoms with Crippen LogP contribution in [0.3, 0.4) is 0 Å². The Balaban J connectivity index is 1.72. The molecule has 0 fully saturated rings. The molecule has 0 aliphatic heterocycles. The Morgan fingerprint density at radius 3 is 2.50 bits per heavy atom. The minimum absolute atomic E-state index is 0.341. The van der Waals surface area contributed by atoms with Crippen molar-refractivity contribution in [3.63, 3.8) is 0 Å². The summed E-state index contributed by atoms with van der Waals surface area (Å²) in [5, 5.41) is 12.9. The van der Waals surface area contributed by atoms with Gasteiger partial charge in [-0.3, -0.25) is 9.78 Å². The van der Waals surface area contributed by atoms with Gasteiger partial charge in [0.25, 0.3) is 5.91 Å². The smallest absolute Gasteiger partial charge is 0.253 e. The molecule has 0 aliphatic rings. The van der Waals surface area contributed by atoms with Crippen LogP contribution in [0, 0.1) is 0 Å². The van der Waals surface area contributed by atoms with Crippen LogP contribution >= 0.6 is 0 Å². The number of rotatable bonds is 5. The van der Waals surface area contributed by atoms with Gasteiger partial charge in [-0.2, -0.15) is 0 Å². The third-order valence-electron chi connectivity index (χ3n) is 3.81. The van der Waals surface area contributed by atoms with Gasteiger partial charge in [-0.15, -0.1) is 0 Å². The molecular formula is C20H18N2O2. The highest BCUT2D eigenvalue weighted by Gasteiger charge is 2.17. The highest BCUT2D eigenvalue weighted by molar-refractivity contribution is 5.82. The third-order valence-corrected chi connectivity index (χ3v) is 3.81. The van der Waals surface area contributed by atoms with Crippen molar-refractivity contribution >= 4 is 5.91 Å². The molecular weight excluding hydrogens is 300 g/mol. The summed E-state index contributed by atoms with van der Waals surface area (Å²) in [4.78, 5) is 16.3. The number of hydrogen-bond donors (Lipinski definition) is 2. The maximum absolute atomic E-state index is 12.2. The summed E-state index contributed by atoms with van der Waals surface area (Å²) < 4.78 is 0. The first-order valence-electron chi connectivity index (χ1n) is 7.75. The molecule has 0 radical (unpaired) electrons. The van der Waals surface area contributed by atoms with Gasteiger partial charge in [0, 0.05) is 24.5 Å². The Hall–Kier alpha value is -2.98. The standard InChI is InChI=1S/C20H18N2O2/c23-19(15-7-2-1-3-8-15)20(24)22-14-17-9-4-5-11-18(17)16-10-6-12-21-13-16/h1-13,19,23H,14H2,(H,22,24)/t19-/m1/s1. The van der Waals surface area contributed by atoms with E-state index in [-0.39, 0.29) is 0 Å². The molecule has 0 spiro atoms. The highest BCUT2D eigenvalue weighted by atomic mass is 16.3. The number of aromatic nitrogens is 1. The molecule has 3 aromatic rings. The zero-order valence-corrected chi connectivity index (χ0v) is 13.1. The number of aliphatic hydroxyl groups is 1. The molecule has 4 nitrogen and oxygen atoms in total. The zero-order valence-electron chi connectivity index (χ0n) is 13.1. The van der Waals surface area contributed by atoms with Crippen molar-refractivity contribution in [1.82, 2.24) is 10.3 Å². The fraction of sp³-hybridized carbons (Fsp3) is 0.100. The van der Waals surface area contributed by atoms with E-state index in [1.165, 1.54) is 0 Å². The number of aliphatic hydroxyl groups excluding tert-OH is 1. The fourth-order valence-corrected chi connectivity index (χ4v) is 2.54. The number of pyridine rings is 1. The molecule has 2 N–H and O–H groups in total. The quantitative estimate of drug-likeness (QED) is 0.760. The lowest BCUT2D eigenvalue weighted by molar-refractivity contribution is -0.129. The average molecular weight is 318 g/mol. The van der Waals surface area contributed by atoms with E-state index in [4.69, 9.17) is 0 Å². The molecule has 4 heteroatoms. The maximum atomic E-state index is 12.2. The second-order valence-corrected chi connectivity index (χ2v) is 5.43. The Morgan fingerprint density at radius 2 is 1.75 bits per heavy atom. The van der Waals surface area contributed by atoms with E-state index in [0.29, 0.717) is 12.1 Å². The number of amides is 1. The lowest BCUT2D eigenvalue weighted by atomic mass is 10.0. The van der Waals surface area contributed by atoms with Gasteiger partial charge < -0.3 is 10.4 Å². The first-order chi connectivity index (χ1) is 11.8. The molecule has 120 valence electrons. The topological polar surface area (TPSA) is 62.2 Å². The average Bonchev–Trinajstić information content (AvgIpc) is 2.67. The van der Waals surface area contributed by atoms with Crippen molar-refractivity contribution < 1.29 is 9.90 Å². The summed E-state index contributed by atoms with van der Waals surface area (Å²) in [7, 11) is 0. The van der Waals surface area contributed by atoms with E-state index in [1.807, 2.05) is 42.5 Å². The number of benzene rings is 2. The molecule has 24 heavy (non-hydrogen) atoms. The number of nitrogens with zero attached hydrogens (tertiary/aromatic N) is 1. The first kappa shape index (κ1) is 15.9. The molecule has 1 amide bonds. The van der Waals surface area contributed by atoms with E-state index in [1.54, 1.807) is 36.7 Å².